The van der Waals surface area contributed by atoms with Crippen LogP contribution >= 0.6 is 0 Å². The molecule has 0 radical (unpaired) electrons. The Labute approximate surface area is 297 Å². The van der Waals surface area contributed by atoms with Gasteiger partial charge in [-0.2, -0.15) is 4.57 Å². The summed E-state index contributed by atoms with van der Waals surface area (Å²) in [5.74, 6) is -0.115. The third-order valence-electron chi connectivity index (χ3n) is 11.7. The van der Waals surface area contributed by atoms with Gasteiger partial charge in [0.15, 0.2) is 11.7 Å². The van der Waals surface area contributed by atoms with E-state index in [9.17, 15) is 0 Å². The highest BCUT2D eigenvalue weighted by Gasteiger charge is 2.52. The van der Waals surface area contributed by atoms with Crippen LogP contribution in [0.5, 0.6) is 0 Å². The molecule has 50 heavy (non-hydrogen) atoms. The topological polar surface area (TPSA) is 6.89 Å². The van der Waals surface area contributed by atoms with Crippen molar-refractivity contribution < 1.29 is 13.5 Å². The highest BCUT2D eigenvalue weighted by Crippen LogP contribution is 2.55. The first-order valence-corrected chi connectivity index (χ1v) is 18.6. The molecule has 0 saturated heterocycles. The van der Waals surface area contributed by atoms with Gasteiger partial charge in [0.25, 0.3) is 0 Å². The SMILES string of the molecule is C=[N+](C)C(c1ccccc1CC=C1c2ccc(F)c3c2-c2c4c(cc(CCCC)cc4cc[n+]2C1(CC)CC)C3(C)C)=c1ccccc1=CC. The zero-order chi connectivity index (χ0) is 35.4. The van der Waals surface area contributed by atoms with Crippen molar-refractivity contribution >= 4 is 34.8 Å². The van der Waals surface area contributed by atoms with Crippen LogP contribution < -0.4 is 15.0 Å². The summed E-state index contributed by atoms with van der Waals surface area (Å²) < 4.78 is 20.9. The van der Waals surface area contributed by atoms with Gasteiger partial charge in [0.1, 0.15) is 19.6 Å². The molecule has 0 saturated carbocycles. The molecule has 3 heteroatoms. The Morgan fingerprint density at radius 1 is 0.940 bits per heavy atom. The van der Waals surface area contributed by atoms with E-state index in [1.165, 1.54) is 60.3 Å². The molecule has 1 aliphatic heterocycles. The van der Waals surface area contributed by atoms with Crippen LogP contribution in [0.4, 0.5) is 4.39 Å². The Balaban J connectivity index is 1.50. The number of benzene rings is 4. The van der Waals surface area contributed by atoms with Crippen molar-refractivity contribution in [2.45, 2.75) is 91.0 Å². The first-order valence-electron chi connectivity index (χ1n) is 18.6. The first kappa shape index (κ1) is 33.8. The Morgan fingerprint density at radius 2 is 1.68 bits per heavy atom. The number of halogens is 1. The molecule has 0 atom stereocenters. The van der Waals surface area contributed by atoms with Crippen LogP contribution in [-0.4, -0.2) is 18.3 Å². The van der Waals surface area contributed by atoms with Crippen molar-refractivity contribution in [3.8, 4) is 11.3 Å². The van der Waals surface area contributed by atoms with Gasteiger partial charge >= 0.3 is 0 Å². The van der Waals surface area contributed by atoms with Gasteiger partial charge in [-0.25, -0.2) is 8.97 Å². The van der Waals surface area contributed by atoms with E-state index in [4.69, 9.17) is 0 Å². The van der Waals surface area contributed by atoms with Crippen LogP contribution in [-0.2, 0) is 23.8 Å². The van der Waals surface area contributed by atoms with Crippen molar-refractivity contribution in [1.29, 1.82) is 0 Å². The molecule has 7 rings (SSSR count). The number of rotatable bonds is 9. The van der Waals surface area contributed by atoms with Crippen LogP contribution in [0.25, 0.3) is 39.4 Å². The maximum absolute atomic E-state index is 16.4. The van der Waals surface area contributed by atoms with Crippen molar-refractivity contribution in [1.82, 2.24) is 0 Å². The number of allylic oxidation sites excluding steroid dienone is 2. The van der Waals surface area contributed by atoms with Gasteiger partial charge < -0.3 is 0 Å². The summed E-state index contributed by atoms with van der Waals surface area (Å²) in [5.41, 5.74) is 10.9. The number of pyridine rings is 1. The molecule has 0 bridgehead atoms. The molecule has 2 heterocycles. The number of nitrogens with zero attached hydrogens (tertiary/aromatic N) is 2. The lowest BCUT2D eigenvalue weighted by molar-refractivity contribution is -0.740. The minimum Gasteiger partial charge on any atom is -0.207 e. The lowest BCUT2D eigenvalue weighted by Crippen LogP contribution is -2.60. The van der Waals surface area contributed by atoms with Gasteiger partial charge in [0.2, 0.25) is 11.4 Å². The highest BCUT2D eigenvalue weighted by atomic mass is 19.1. The maximum Gasteiger partial charge on any atom is 0.222 e. The molecule has 1 aliphatic carbocycles. The molecule has 0 amide bonds. The van der Waals surface area contributed by atoms with Gasteiger partial charge in [0.05, 0.1) is 21.7 Å². The number of hydrogen-bond acceptors (Lipinski definition) is 0. The molecular formula is C47H51FN2+2. The van der Waals surface area contributed by atoms with E-state index in [0.717, 1.165) is 55.3 Å². The molecule has 0 N–H and O–H groups in total. The van der Waals surface area contributed by atoms with Crippen LogP contribution in [0, 0.1) is 5.82 Å². The predicted molar refractivity (Wildman–Crippen MR) is 209 cm³/mol. The fourth-order valence-electron chi connectivity index (χ4n) is 9.20. The van der Waals surface area contributed by atoms with E-state index in [1.54, 1.807) is 6.07 Å². The predicted octanol–water partition coefficient (Wildman–Crippen LogP) is 9.37. The Kier molecular flexibility index (Phi) is 8.75. The third-order valence-corrected chi connectivity index (χ3v) is 11.7. The number of aryl methyl sites for hydroxylation is 1. The van der Waals surface area contributed by atoms with E-state index in [-0.39, 0.29) is 11.4 Å². The summed E-state index contributed by atoms with van der Waals surface area (Å²) in [6, 6.07) is 28.2. The lowest BCUT2D eigenvalue weighted by atomic mass is 9.64. The quantitative estimate of drug-likeness (QED) is 0.110. The summed E-state index contributed by atoms with van der Waals surface area (Å²) in [6.07, 6.45) is 12.9. The number of hydrogen-bond donors (Lipinski definition) is 0. The standard InChI is InChI=1S/C47H51FN2/c1-9-13-18-31-29-34-27-28-50-45-41(34)39(30-31)46(5,6)43-40(48)26-24-37(42(43)45)38(47(50,11-3)12-4)25-23-33-20-15-17-22-36(33)44(49(7)8)35-21-16-14-19-32(35)10-2/h10,14-17,19-22,24-30H,7,9,11-13,18,23H2,1-6,8H3/q+2. The van der Waals surface area contributed by atoms with Crippen LogP contribution in [0.15, 0.2) is 91.1 Å². The van der Waals surface area contributed by atoms with Gasteiger partial charge in [0, 0.05) is 35.5 Å². The molecule has 2 nitrogen and oxygen atoms in total. The largest absolute Gasteiger partial charge is 0.222 e. The second-order valence-corrected chi connectivity index (χ2v) is 14.9. The summed E-state index contributed by atoms with van der Waals surface area (Å²) in [5, 5.41) is 4.91. The second kappa shape index (κ2) is 12.9. The van der Waals surface area contributed by atoms with Crippen LogP contribution in [0.1, 0.15) is 101 Å². The van der Waals surface area contributed by atoms with E-state index in [2.05, 4.69) is 144 Å². The molecule has 5 aromatic rings. The monoisotopic (exact) mass is 662 g/mol. The van der Waals surface area contributed by atoms with Gasteiger partial charge in [-0.05, 0) is 77.2 Å². The maximum atomic E-state index is 16.4. The lowest BCUT2D eigenvalue weighted by Gasteiger charge is -2.42. The van der Waals surface area contributed by atoms with Crippen LogP contribution in [0.2, 0.25) is 0 Å². The third kappa shape index (κ3) is 5.03. The van der Waals surface area contributed by atoms with E-state index in [0.29, 0.717) is 0 Å². The molecule has 0 fully saturated rings. The van der Waals surface area contributed by atoms with Crippen molar-refractivity contribution in [3.05, 3.63) is 141 Å². The molecular weight excluding hydrogens is 612 g/mol. The smallest absolute Gasteiger partial charge is 0.207 e. The average Bonchev–Trinajstić information content (AvgIpc) is 3.12. The summed E-state index contributed by atoms with van der Waals surface area (Å²) >= 11 is 0. The summed E-state index contributed by atoms with van der Waals surface area (Å²) in [4.78, 5) is 0. The van der Waals surface area contributed by atoms with E-state index in [1.807, 2.05) is 11.6 Å². The molecule has 1 aromatic heterocycles. The molecule has 2 aliphatic rings. The summed E-state index contributed by atoms with van der Waals surface area (Å²) in [7, 11) is 2.03. The first-order chi connectivity index (χ1) is 24.1. The normalized spacial score (nSPS) is 17.0. The molecule has 254 valence electrons. The minimum absolute atomic E-state index is 0.115. The molecule has 4 aromatic carbocycles. The fourth-order valence-corrected chi connectivity index (χ4v) is 9.20. The highest BCUT2D eigenvalue weighted by molar-refractivity contribution is 6.04. The fraction of sp³-hybridized carbons (Fsp3) is 0.319. The Hall–Kier alpha value is -4.63. The molecule has 0 unspecified atom stereocenters. The van der Waals surface area contributed by atoms with E-state index >= 15 is 4.39 Å². The van der Waals surface area contributed by atoms with Gasteiger partial charge in [-0.3, -0.25) is 0 Å². The van der Waals surface area contributed by atoms with Crippen molar-refractivity contribution in [2.24, 2.45) is 0 Å². The van der Waals surface area contributed by atoms with Gasteiger partial charge in [-0.1, -0.05) is 108 Å². The number of aromatic nitrogens is 1. The summed E-state index contributed by atoms with van der Waals surface area (Å²) in [6.45, 7) is 17.8. The second-order valence-electron chi connectivity index (χ2n) is 14.9. The zero-order valence-corrected chi connectivity index (χ0v) is 31.0. The van der Waals surface area contributed by atoms with Crippen molar-refractivity contribution in [3.63, 3.8) is 0 Å². The minimum atomic E-state index is -0.482. The number of unbranched alkanes of at least 4 members (excludes halogenated alkanes) is 1. The molecule has 0 spiro atoms. The zero-order valence-electron chi connectivity index (χ0n) is 31.0. The average molecular weight is 663 g/mol. The van der Waals surface area contributed by atoms with E-state index < -0.39 is 5.41 Å². The Morgan fingerprint density at radius 3 is 2.40 bits per heavy atom. The Bertz CT molecular complexity index is 2330. The van der Waals surface area contributed by atoms with Crippen LogP contribution in [0.3, 0.4) is 0 Å². The van der Waals surface area contributed by atoms with Crippen molar-refractivity contribution in [2.75, 3.05) is 7.05 Å². The van der Waals surface area contributed by atoms with Gasteiger partial charge in [-0.15, -0.1) is 0 Å².